The zero-order valence-electron chi connectivity index (χ0n) is 14.2. The van der Waals surface area contributed by atoms with Crippen LogP contribution in [0.3, 0.4) is 0 Å². The quantitative estimate of drug-likeness (QED) is 0.635. The molecule has 0 fully saturated rings. The second-order valence-electron chi connectivity index (χ2n) is 5.79. The molecule has 2 N–H and O–H groups in total. The van der Waals surface area contributed by atoms with Gasteiger partial charge in [0.2, 0.25) is 10.0 Å². The number of sulfonamides is 1. The molecule has 8 heteroatoms. The number of hydrogen-bond donors (Lipinski definition) is 1. The molecule has 0 bridgehead atoms. The van der Waals surface area contributed by atoms with Crippen LogP contribution in [0, 0.1) is 0 Å². The monoisotopic (exact) mass is 441 g/mol. The summed E-state index contributed by atoms with van der Waals surface area (Å²) < 4.78 is 34.2. The van der Waals surface area contributed by atoms with Gasteiger partial charge in [0.15, 0.2) is 0 Å². The van der Waals surface area contributed by atoms with E-state index in [-0.39, 0.29) is 12.2 Å². The maximum atomic E-state index is 11.6. The van der Waals surface area contributed by atoms with Gasteiger partial charge in [-0.3, -0.25) is 4.79 Å². The average Bonchev–Trinajstić information content (AvgIpc) is 2.58. The molecular weight excluding hydrogens is 422 g/mol. The number of carbonyl (C=O) groups excluding carboxylic acids is 1. The minimum absolute atomic E-state index is 0.0547. The standard InChI is InChI=1S/C18H20BrNO5S/c1-24-18(21)9-15(12-26(20,22)23)14-7-5-13(6-8-14)11-25-17-4-2-3-16(19)10-17/h2-8,10,15H,9,11-12H2,1H3,(H2,20,22,23). The van der Waals surface area contributed by atoms with Crippen LogP contribution in [0.4, 0.5) is 0 Å². The third-order valence-corrected chi connectivity index (χ3v) is 5.09. The van der Waals surface area contributed by atoms with E-state index in [0.717, 1.165) is 15.8 Å². The second-order valence-corrected chi connectivity index (χ2v) is 8.37. The first kappa shape index (κ1) is 20.4. The molecule has 0 aliphatic rings. The zero-order chi connectivity index (χ0) is 19.2. The molecule has 0 aromatic heterocycles. The highest BCUT2D eigenvalue weighted by Gasteiger charge is 2.21. The Labute approximate surface area is 161 Å². The van der Waals surface area contributed by atoms with E-state index >= 15 is 0 Å². The molecule has 6 nitrogen and oxygen atoms in total. The third kappa shape index (κ3) is 6.78. The van der Waals surface area contributed by atoms with E-state index in [9.17, 15) is 13.2 Å². The number of nitrogens with two attached hydrogens (primary N) is 1. The van der Waals surface area contributed by atoms with Gasteiger partial charge in [-0.1, -0.05) is 46.3 Å². The summed E-state index contributed by atoms with van der Waals surface area (Å²) in [6, 6.07) is 14.7. The summed E-state index contributed by atoms with van der Waals surface area (Å²) in [5.74, 6) is -0.629. The van der Waals surface area contributed by atoms with Crippen LogP contribution >= 0.6 is 15.9 Å². The first-order valence-electron chi connectivity index (χ1n) is 7.81. The van der Waals surface area contributed by atoms with Crippen molar-refractivity contribution < 1.29 is 22.7 Å². The normalized spacial score (nSPS) is 12.4. The van der Waals surface area contributed by atoms with Crippen LogP contribution < -0.4 is 9.88 Å². The van der Waals surface area contributed by atoms with Crippen molar-refractivity contribution in [3.05, 3.63) is 64.1 Å². The summed E-state index contributed by atoms with van der Waals surface area (Å²) >= 11 is 3.39. The number of halogens is 1. The van der Waals surface area contributed by atoms with Crippen LogP contribution in [-0.4, -0.2) is 27.2 Å². The number of benzene rings is 2. The van der Waals surface area contributed by atoms with E-state index in [0.29, 0.717) is 12.2 Å². The zero-order valence-corrected chi connectivity index (χ0v) is 16.6. The average molecular weight is 442 g/mol. The van der Waals surface area contributed by atoms with Crippen molar-refractivity contribution in [3.8, 4) is 5.75 Å². The van der Waals surface area contributed by atoms with E-state index < -0.39 is 21.9 Å². The van der Waals surface area contributed by atoms with Gasteiger partial charge in [0.05, 0.1) is 19.3 Å². The Kier molecular flexibility index (Phi) is 7.19. The maximum Gasteiger partial charge on any atom is 0.306 e. The van der Waals surface area contributed by atoms with E-state index in [4.69, 9.17) is 9.88 Å². The van der Waals surface area contributed by atoms with Gasteiger partial charge in [-0.2, -0.15) is 0 Å². The van der Waals surface area contributed by atoms with Crippen molar-refractivity contribution >= 4 is 31.9 Å². The minimum atomic E-state index is -3.72. The Morgan fingerprint density at radius 2 is 1.88 bits per heavy atom. The predicted molar refractivity (Wildman–Crippen MR) is 102 cm³/mol. The third-order valence-electron chi connectivity index (χ3n) is 3.73. The fraction of sp³-hybridized carbons (Fsp3) is 0.278. The smallest absolute Gasteiger partial charge is 0.306 e. The van der Waals surface area contributed by atoms with Crippen LogP contribution in [0.15, 0.2) is 53.0 Å². The van der Waals surface area contributed by atoms with Crippen molar-refractivity contribution in [1.82, 2.24) is 0 Å². The summed E-state index contributed by atoms with van der Waals surface area (Å²) in [6.45, 7) is 0.369. The SMILES string of the molecule is COC(=O)CC(CS(N)(=O)=O)c1ccc(COc2cccc(Br)c2)cc1. The van der Waals surface area contributed by atoms with Gasteiger partial charge in [0, 0.05) is 10.4 Å². The van der Waals surface area contributed by atoms with E-state index in [2.05, 4.69) is 20.7 Å². The first-order valence-corrected chi connectivity index (χ1v) is 10.3. The number of ether oxygens (including phenoxy) is 2. The molecule has 0 spiro atoms. The lowest BCUT2D eigenvalue weighted by atomic mass is 9.96. The number of primary sulfonamides is 1. The summed E-state index contributed by atoms with van der Waals surface area (Å²) in [6.07, 6.45) is -0.0547. The fourth-order valence-corrected chi connectivity index (χ4v) is 3.70. The van der Waals surface area contributed by atoms with Crippen molar-refractivity contribution in [2.24, 2.45) is 5.14 Å². The Bertz CT molecular complexity index is 852. The number of hydrogen-bond acceptors (Lipinski definition) is 5. The molecule has 0 saturated heterocycles. The molecule has 2 aromatic carbocycles. The van der Waals surface area contributed by atoms with Crippen molar-refractivity contribution in [2.45, 2.75) is 18.9 Å². The molecule has 0 aliphatic heterocycles. The van der Waals surface area contributed by atoms with Crippen LogP contribution in [0.2, 0.25) is 0 Å². The van der Waals surface area contributed by atoms with Crippen LogP contribution in [0.5, 0.6) is 5.75 Å². The number of carbonyl (C=O) groups is 1. The predicted octanol–water partition coefficient (Wildman–Crippen LogP) is 2.96. The summed E-state index contributed by atoms with van der Waals surface area (Å²) in [7, 11) is -2.46. The molecule has 2 rings (SSSR count). The Balaban J connectivity index is 2.07. The lowest BCUT2D eigenvalue weighted by molar-refractivity contribution is -0.140. The molecule has 1 atom stereocenters. The molecular formula is C18H20BrNO5S. The van der Waals surface area contributed by atoms with Crippen LogP contribution in [0.1, 0.15) is 23.5 Å². The Hall–Kier alpha value is -1.90. The molecule has 2 aromatic rings. The largest absolute Gasteiger partial charge is 0.489 e. The van der Waals surface area contributed by atoms with Crippen molar-refractivity contribution in [1.29, 1.82) is 0 Å². The van der Waals surface area contributed by atoms with Crippen LogP contribution in [-0.2, 0) is 26.2 Å². The van der Waals surface area contributed by atoms with Crippen LogP contribution in [0.25, 0.3) is 0 Å². The van der Waals surface area contributed by atoms with E-state index in [1.807, 2.05) is 36.4 Å². The molecule has 0 radical (unpaired) electrons. The number of methoxy groups -OCH3 is 1. The lowest BCUT2D eigenvalue weighted by Gasteiger charge is -2.15. The van der Waals surface area contributed by atoms with Crippen molar-refractivity contribution in [3.63, 3.8) is 0 Å². The lowest BCUT2D eigenvalue weighted by Crippen LogP contribution is -2.24. The molecule has 0 amide bonds. The fourth-order valence-electron chi connectivity index (χ4n) is 2.45. The van der Waals surface area contributed by atoms with Gasteiger partial charge in [0.25, 0.3) is 0 Å². The van der Waals surface area contributed by atoms with Gasteiger partial charge in [-0.05, 0) is 29.3 Å². The summed E-state index contributed by atoms with van der Waals surface area (Å²) in [5.41, 5.74) is 1.62. The van der Waals surface area contributed by atoms with Gasteiger partial charge in [-0.25, -0.2) is 13.6 Å². The van der Waals surface area contributed by atoms with Gasteiger partial charge < -0.3 is 9.47 Å². The minimum Gasteiger partial charge on any atom is -0.489 e. The van der Waals surface area contributed by atoms with Gasteiger partial charge in [0.1, 0.15) is 12.4 Å². The summed E-state index contributed by atoms with van der Waals surface area (Å²) in [5, 5.41) is 5.14. The van der Waals surface area contributed by atoms with Gasteiger partial charge >= 0.3 is 5.97 Å². The second kappa shape index (κ2) is 9.16. The maximum absolute atomic E-state index is 11.6. The first-order chi connectivity index (χ1) is 12.3. The molecule has 1 unspecified atom stereocenters. The van der Waals surface area contributed by atoms with E-state index in [1.54, 1.807) is 12.1 Å². The Morgan fingerprint density at radius 3 is 2.46 bits per heavy atom. The molecule has 140 valence electrons. The number of rotatable bonds is 8. The summed E-state index contributed by atoms with van der Waals surface area (Å²) in [4.78, 5) is 11.6. The highest BCUT2D eigenvalue weighted by Crippen LogP contribution is 2.23. The van der Waals surface area contributed by atoms with Crippen molar-refractivity contribution in [2.75, 3.05) is 12.9 Å². The molecule has 0 saturated carbocycles. The highest BCUT2D eigenvalue weighted by molar-refractivity contribution is 9.10. The molecule has 26 heavy (non-hydrogen) atoms. The highest BCUT2D eigenvalue weighted by atomic mass is 79.9. The van der Waals surface area contributed by atoms with Gasteiger partial charge in [-0.15, -0.1) is 0 Å². The molecule has 0 aliphatic carbocycles. The topological polar surface area (TPSA) is 95.7 Å². The number of esters is 1. The molecule has 0 heterocycles. The van der Waals surface area contributed by atoms with E-state index in [1.165, 1.54) is 7.11 Å². The Morgan fingerprint density at radius 1 is 1.19 bits per heavy atom.